The van der Waals surface area contributed by atoms with Crippen molar-refractivity contribution < 1.29 is 9.84 Å². The van der Waals surface area contributed by atoms with Gasteiger partial charge in [-0.25, -0.2) is 0 Å². The number of hydrogen-bond acceptors (Lipinski definition) is 3. The lowest BCUT2D eigenvalue weighted by atomic mass is 10.0. The summed E-state index contributed by atoms with van der Waals surface area (Å²) in [6.45, 7) is 5.26. The van der Waals surface area contributed by atoms with Crippen molar-refractivity contribution in [3.8, 4) is 5.75 Å². The van der Waals surface area contributed by atoms with Crippen molar-refractivity contribution in [2.75, 3.05) is 20.3 Å². The molecule has 0 fully saturated rings. The van der Waals surface area contributed by atoms with Gasteiger partial charge in [-0.2, -0.15) is 0 Å². The van der Waals surface area contributed by atoms with Crippen molar-refractivity contribution in [1.82, 2.24) is 5.32 Å². The molecule has 3 heteroatoms. The molecule has 2 unspecified atom stereocenters. The molecule has 0 aromatic heterocycles. The van der Waals surface area contributed by atoms with Crippen molar-refractivity contribution in [2.45, 2.75) is 26.3 Å². The number of aliphatic hydroxyl groups is 1. The van der Waals surface area contributed by atoms with E-state index >= 15 is 0 Å². The zero-order chi connectivity index (χ0) is 12.7. The number of ether oxygens (including phenoxy) is 1. The summed E-state index contributed by atoms with van der Waals surface area (Å²) < 4.78 is 5.14. The molecular formula is C14H23NO2. The topological polar surface area (TPSA) is 41.5 Å². The monoisotopic (exact) mass is 237 g/mol. The molecule has 0 saturated carbocycles. The number of methoxy groups -OCH3 is 1. The molecule has 0 aliphatic rings. The van der Waals surface area contributed by atoms with Gasteiger partial charge >= 0.3 is 0 Å². The van der Waals surface area contributed by atoms with Crippen LogP contribution < -0.4 is 10.1 Å². The maximum atomic E-state index is 9.00. The molecule has 1 aromatic rings. The molecule has 0 aliphatic carbocycles. The van der Waals surface area contributed by atoms with Gasteiger partial charge in [-0.1, -0.05) is 26.0 Å². The van der Waals surface area contributed by atoms with E-state index in [0.717, 1.165) is 18.7 Å². The minimum Gasteiger partial charge on any atom is -0.497 e. The fourth-order valence-corrected chi connectivity index (χ4v) is 1.74. The summed E-state index contributed by atoms with van der Waals surface area (Å²) in [5, 5.41) is 12.5. The standard InChI is InChI=1S/C14H23NO2/c1-4-14(15-9-11(2)10-16)12-5-7-13(17-3)8-6-12/h5-8,11,14-16H,4,9-10H2,1-3H3. The van der Waals surface area contributed by atoms with E-state index in [4.69, 9.17) is 9.84 Å². The van der Waals surface area contributed by atoms with Crippen molar-refractivity contribution in [2.24, 2.45) is 5.92 Å². The van der Waals surface area contributed by atoms with Gasteiger partial charge in [-0.05, 0) is 30.0 Å². The summed E-state index contributed by atoms with van der Waals surface area (Å²) in [5.41, 5.74) is 1.26. The number of aliphatic hydroxyl groups excluding tert-OH is 1. The highest BCUT2D eigenvalue weighted by atomic mass is 16.5. The number of nitrogens with one attached hydrogen (secondary N) is 1. The lowest BCUT2D eigenvalue weighted by Crippen LogP contribution is -2.27. The van der Waals surface area contributed by atoms with Gasteiger partial charge < -0.3 is 15.2 Å². The summed E-state index contributed by atoms with van der Waals surface area (Å²) in [6, 6.07) is 8.48. The highest BCUT2D eigenvalue weighted by molar-refractivity contribution is 5.29. The van der Waals surface area contributed by atoms with E-state index in [0.29, 0.717) is 12.0 Å². The molecule has 0 heterocycles. The minimum absolute atomic E-state index is 0.228. The Labute approximate surface area is 104 Å². The molecule has 0 amide bonds. The van der Waals surface area contributed by atoms with Crippen molar-refractivity contribution >= 4 is 0 Å². The fourth-order valence-electron chi connectivity index (χ4n) is 1.74. The predicted octanol–water partition coefficient (Wildman–Crippen LogP) is 2.36. The summed E-state index contributed by atoms with van der Waals surface area (Å²) in [5.74, 6) is 1.18. The van der Waals surface area contributed by atoms with Crippen LogP contribution >= 0.6 is 0 Å². The van der Waals surface area contributed by atoms with Gasteiger partial charge in [0.05, 0.1) is 7.11 Å². The van der Waals surface area contributed by atoms with Crippen LogP contribution in [0.2, 0.25) is 0 Å². The van der Waals surface area contributed by atoms with E-state index < -0.39 is 0 Å². The van der Waals surface area contributed by atoms with Crippen LogP contribution in [0.3, 0.4) is 0 Å². The Morgan fingerprint density at radius 2 is 1.94 bits per heavy atom. The zero-order valence-electron chi connectivity index (χ0n) is 10.9. The van der Waals surface area contributed by atoms with E-state index in [1.807, 2.05) is 19.1 Å². The molecule has 0 radical (unpaired) electrons. The van der Waals surface area contributed by atoms with Crippen LogP contribution in [0.5, 0.6) is 5.75 Å². The van der Waals surface area contributed by atoms with Crippen molar-refractivity contribution in [3.63, 3.8) is 0 Å². The third-order valence-electron chi connectivity index (χ3n) is 2.95. The van der Waals surface area contributed by atoms with Gasteiger partial charge in [0.25, 0.3) is 0 Å². The van der Waals surface area contributed by atoms with Crippen LogP contribution in [0, 0.1) is 5.92 Å². The van der Waals surface area contributed by atoms with Gasteiger partial charge in [0, 0.05) is 19.2 Å². The molecule has 1 rings (SSSR count). The lowest BCUT2D eigenvalue weighted by molar-refractivity contribution is 0.229. The van der Waals surface area contributed by atoms with Crippen molar-refractivity contribution in [1.29, 1.82) is 0 Å². The third kappa shape index (κ3) is 4.36. The Bertz CT molecular complexity index is 311. The Morgan fingerprint density at radius 1 is 1.29 bits per heavy atom. The molecule has 96 valence electrons. The van der Waals surface area contributed by atoms with Gasteiger partial charge in [0.2, 0.25) is 0 Å². The zero-order valence-corrected chi connectivity index (χ0v) is 10.9. The fraction of sp³-hybridized carbons (Fsp3) is 0.571. The first-order valence-corrected chi connectivity index (χ1v) is 6.19. The first-order chi connectivity index (χ1) is 8.21. The van der Waals surface area contributed by atoms with E-state index in [2.05, 4.69) is 24.4 Å². The lowest BCUT2D eigenvalue weighted by Gasteiger charge is -2.19. The Kier molecular flexibility index (Phi) is 6.01. The first-order valence-electron chi connectivity index (χ1n) is 6.19. The molecule has 0 saturated heterocycles. The van der Waals surface area contributed by atoms with Crippen molar-refractivity contribution in [3.05, 3.63) is 29.8 Å². The molecule has 0 aliphatic heterocycles. The molecule has 2 N–H and O–H groups in total. The van der Waals surface area contributed by atoms with Gasteiger partial charge in [0.1, 0.15) is 5.75 Å². The Morgan fingerprint density at radius 3 is 2.41 bits per heavy atom. The second kappa shape index (κ2) is 7.30. The largest absolute Gasteiger partial charge is 0.497 e. The molecule has 0 spiro atoms. The number of rotatable bonds is 7. The van der Waals surface area contributed by atoms with Gasteiger partial charge in [-0.15, -0.1) is 0 Å². The highest BCUT2D eigenvalue weighted by Gasteiger charge is 2.10. The van der Waals surface area contributed by atoms with Crippen LogP contribution in [0.4, 0.5) is 0 Å². The maximum Gasteiger partial charge on any atom is 0.118 e. The van der Waals surface area contributed by atoms with Crippen LogP contribution in [0.15, 0.2) is 24.3 Å². The molecule has 0 bridgehead atoms. The average Bonchev–Trinajstić information content (AvgIpc) is 2.39. The SMILES string of the molecule is CCC(NCC(C)CO)c1ccc(OC)cc1. The minimum atomic E-state index is 0.228. The number of hydrogen-bond donors (Lipinski definition) is 2. The average molecular weight is 237 g/mol. The molecule has 3 nitrogen and oxygen atoms in total. The van der Waals surface area contributed by atoms with E-state index in [-0.39, 0.29) is 6.61 Å². The quantitative estimate of drug-likeness (QED) is 0.765. The van der Waals surface area contributed by atoms with Gasteiger partial charge in [-0.3, -0.25) is 0 Å². The van der Waals surface area contributed by atoms with E-state index in [9.17, 15) is 0 Å². The van der Waals surface area contributed by atoms with E-state index in [1.54, 1.807) is 7.11 Å². The van der Waals surface area contributed by atoms with Crippen LogP contribution in [0.1, 0.15) is 31.9 Å². The highest BCUT2D eigenvalue weighted by Crippen LogP contribution is 2.20. The Balaban J connectivity index is 2.59. The van der Waals surface area contributed by atoms with Crippen LogP contribution in [-0.2, 0) is 0 Å². The molecule has 2 atom stereocenters. The number of benzene rings is 1. The third-order valence-corrected chi connectivity index (χ3v) is 2.95. The van der Waals surface area contributed by atoms with E-state index in [1.165, 1.54) is 5.56 Å². The van der Waals surface area contributed by atoms with Crippen LogP contribution in [-0.4, -0.2) is 25.4 Å². The van der Waals surface area contributed by atoms with Gasteiger partial charge in [0.15, 0.2) is 0 Å². The molecule has 17 heavy (non-hydrogen) atoms. The normalized spacial score (nSPS) is 14.4. The Hall–Kier alpha value is -1.06. The maximum absolute atomic E-state index is 9.00. The summed E-state index contributed by atoms with van der Waals surface area (Å²) in [4.78, 5) is 0. The predicted molar refractivity (Wildman–Crippen MR) is 70.3 cm³/mol. The molecular weight excluding hydrogens is 214 g/mol. The smallest absolute Gasteiger partial charge is 0.118 e. The second-order valence-electron chi connectivity index (χ2n) is 4.43. The van der Waals surface area contributed by atoms with Crippen LogP contribution in [0.25, 0.3) is 0 Å². The summed E-state index contributed by atoms with van der Waals surface area (Å²) >= 11 is 0. The molecule has 1 aromatic carbocycles. The second-order valence-corrected chi connectivity index (χ2v) is 4.43. The summed E-state index contributed by atoms with van der Waals surface area (Å²) in [6.07, 6.45) is 1.03. The summed E-state index contributed by atoms with van der Waals surface area (Å²) in [7, 11) is 1.67. The first kappa shape index (κ1) is 14.0.